The molecule has 0 radical (unpaired) electrons. The van der Waals surface area contributed by atoms with Crippen molar-refractivity contribution in [2.24, 2.45) is 11.8 Å². The van der Waals surface area contributed by atoms with Gasteiger partial charge in [0.15, 0.2) is 0 Å². The van der Waals surface area contributed by atoms with Crippen LogP contribution in [0.15, 0.2) is 30.7 Å². The van der Waals surface area contributed by atoms with Gasteiger partial charge in [0.1, 0.15) is 0 Å². The van der Waals surface area contributed by atoms with Crippen LogP contribution in [-0.2, 0) is 11.3 Å². The Morgan fingerprint density at radius 1 is 1.32 bits per heavy atom. The monoisotopic (exact) mass is 348 g/mol. The van der Waals surface area contributed by atoms with E-state index < -0.39 is 23.7 Å². The fourth-order valence-electron chi connectivity index (χ4n) is 3.35. The summed E-state index contributed by atoms with van der Waals surface area (Å²) < 4.78 is 33.1. The minimum Gasteiger partial charge on any atom is -0.462 e. The third-order valence-corrected chi connectivity index (χ3v) is 4.84. The van der Waals surface area contributed by atoms with Crippen LogP contribution in [0.2, 0.25) is 0 Å². The van der Waals surface area contributed by atoms with E-state index in [9.17, 15) is 13.6 Å². The molecule has 2 atom stereocenters. The second-order valence-electron chi connectivity index (χ2n) is 6.45. The van der Waals surface area contributed by atoms with Gasteiger partial charge in [0.25, 0.3) is 5.92 Å². The average Bonchev–Trinajstić information content (AvgIpc) is 3.05. The maximum Gasteiger partial charge on any atom is 0.341 e. The molecule has 8 heteroatoms. The van der Waals surface area contributed by atoms with Crippen molar-refractivity contribution in [3.05, 3.63) is 42.0 Å². The Morgan fingerprint density at radius 2 is 2.08 bits per heavy atom. The number of esters is 1. The highest BCUT2D eigenvalue weighted by Gasteiger charge is 2.71. The molecular weight excluding hydrogens is 330 g/mol. The number of hydrogen-bond donors (Lipinski definition) is 0. The first-order valence-corrected chi connectivity index (χ1v) is 8.26. The normalized spacial score (nSPS) is 23.4. The predicted octanol–water partition coefficient (Wildman–Crippen LogP) is 2.20. The van der Waals surface area contributed by atoms with E-state index in [0.717, 1.165) is 11.4 Å². The van der Waals surface area contributed by atoms with E-state index in [1.165, 1.54) is 6.20 Å². The third kappa shape index (κ3) is 2.85. The van der Waals surface area contributed by atoms with Gasteiger partial charge in [-0.15, -0.1) is 0 Å². The number of alkyl halides is 2. The maximum atomic E-state index is 13.3. The number of ether oxygens (including phenoxy) is 1. The SMILES string of the molecule is CCOC(=O)c1cnn(Cc2ccc(N3CC4C(C3)C4(F)F)cn2)c1. The molecule has 2 aromatic heterocycles. The third-order valence-electron chi connectivity index (χ3n) is 4.84. The fraction of sp³-hybridized carbons (Fsp3) is 0.471. The summed E-state index contributed by atoms with van der Waals surface area (Å²) in [5, 5.41) is 4.13. The standard InChI is InChI=1S/C17H18F2N4O2/c1-2-25-16(24)11-5-21-23(7-11)8-12-3-4-13(6-20-12)22-9-14-15(10-22)17(14,18)19/h3-7,14-15H,2,8-10H2,1H3. The van der Waals surface area contributed by atoms with Crippen LogP contribution in [0.1, 0.15) is 23.0 Å². The lowest BCUT2D eigenvalue weighted by atomic mass is 10.3. The van der Waals surface area contributed by atoms with Crippen LogP contribution in [0.4, 0.5) is 14.5 Å². The molecule has 0 spiro atoms. The van der Waals surface area contributed by atoms with E-state index in [-0.39, 0.29) is 0 Å². The van der Waals surface area contributed by atoms with Crippen molar-refractivity contribution < 1.29 is 18.3 Å². The van der Waals surface area contributed by atoms with Gasteiger partial charge in [-0.05, 0) is 19.1 Å². The number of fused-ring (bicyclic) bond motifs is 1. The molecule has 132 valence electrons. The Hall–Kier alpha value is -2.51. The molecule has 0 N–H and O–H groups in total. The quantitative estimate of drug-likeness (QED) is 0.776. The topological polar surface area (TPSA) is 60.2 Å². The zero-order chi connectivity index (χ0) is 17.6. The van der Waals surface area contributed by atoms with Crippen molar-refractivity contribution in [2.75, 3.05) is 24.6 Å². The molecule has 1 saturated heterocycles. The van der Waals surface area contributed by atoms with Crippen LogP contribution in [0.5, 0.6) is 0 Å². The lowest BCUT2D eigenvalue weighted by molar-refractivity contribution is 0.0526. The van der Waals surface area contributed by atoms with Crippen molar-refractivity contribution in [2.45, 2.75) is 19.4 Å². The van der Waals surface area contributed by atoms with Crippen molar-refractivity contribution in [3.8, 4) is 0 Å². The zero-order valence-electron chi connectivity index (χ0n) is 13.7. The molecule has 1 saturated carbocycles. The Kier molecular flexibility index (Phi) is 3.70. The molecule has 0 bridgehead atoms. The molecule has 1 aliphatic heterocycles. The molecule has 25 heavy (non-hydrogen) atoms. The van der Waals surface area contributed by atoms with Gasteiger partial charge >= 0.3 is 5.97 Å². The highest BCUT2D eigenvalue weighted by molar-refractivity contribution is 5.88. The van der Waals surface area contributed by atoms with E-state index in [1.807, 2.05) is 17.0 Å². The highest BCUT2D eigenvalue weighted by atomic mass is 19.3. The number of piperidine rings is 1. The average molecular weight is 348 g/mol. The Labute approximate surface area is 143 Å². The lowest BCUT2D eigenvalue weighted by Gasteiger charge is -2.21. The second-order valence-corrected chi connectivity index (χ2v) is 6.45. The molecule has 2 aliphatic rings. The van der Waals surface area contributed by atoms with Crippen molar-refractivity contribution in [1.82, 2.24) is 14.8 Å². The van der Waals surface area contributed by atoms with Gasteiger partial charge in [0, 0.05) is 19.3 Å². The number of rotatable bonds is 5. The van der Waals surface area contributed by atoms with E-state index in [0.29, 0.717) is 31.8 Å². The van der Waals surface area contributed by atoms with Gasteiger partial charge in [-0.25, -0.2) is 13.6 Å². The van der Waals surface area contributed by atoms with E-state index in [2.05, 4.69) is 10.1 Å². The summed E-state index contributed by atoms with van der Waals surface area (Å²) in [7, 11) is 0. The van der Waals surface area contributed by atoms with Gasteiger partial charge in [0.2, 0.25) is 0 Å². The summed E-state index contributed by atoms with van der Waals surface area (Å²) in [4.78, 5) is 18.0. The molecular formula is C17H18F2N4O2. The van der Waals surface area contributed by atoms with Crippen LogP contribution in [0.3, 0.4) is 0 Å². The molecule has 1 aliphatic carbocycles. The van der Waals surface area contributed by atoms with Gasteiger partial charge in [-0.3, -0.25) is 9.67 Å². The molecule has 4 rings (SSSR count). The Balaban J connectivity index is 1.38. The second kappa shape index (κ2) is 5.79. The smallest absolute Gasteiger partial charge is 0.341 e. The molecule has 2 fully saturated rings. The van der Waals surface area contributed by atoms with Gasteiger partial charge in [-0.1, -0.05) is 0 Å². The summed E-state index contributed by atoms with van der Waals surface area (Å²) in [6.07, 6.45) is 4.78. The van der Waals surface area contributed by atoms with Gasteiger partial charge < -0.3 is 9.64 Å². The van der Waals surface area contributed by atoms with Crippen molar-refractivity contribution in [1.29, 1.82) is 0 Å². The zero-order valence-corrected chi connectivity index (χ0v) is 13.7. The number of carbonyl (C=O) groups excluding carboxylic acids is 1. The summed E-state index contributed by atoms with van der Waals surface area (Å²) >= 11 is 0. The first-order valence-electron chi connectivity index (χ1n) is 8.26. The largest absolute Gasteiger partial charge is 0.462 e. The molecule has 2 aromatic rings. The number of aromatic nitrogens is 3. The Bertz CT molecular complexity index is 776. The molecule has 0 amide bonds. The van der Waals surface area contributed by atoms with Gasteiger partial charge in [0.05, 0.1) is 54.3 Å². The van der Waals surface area contributed by atoms with Crippen LogP contribution < -0.4 is 4.90 Å². The number of hydrogen-bond acceptors (Lipinski definition) is 5. The minimum atomic E-state index is -2.47. The summed E-state index contributed by atoms with van der Waals surface area (Å²) in [5.74, 6) is -3.88. The number of nitrogens with zero attached hydrogens (tertiary/aromatic N) is 4. The number of anilines is 1. The molecule has 2 unspecified atom stereocenters. The van der Waals surface area contributed by atoms with E-state index >= 15 is 0 Å². The summed E-state index contributed by atoms with van der Waals surface area (Å²) in [6, 6.07) is 3.74. The van der Waals surface area contributed by atoms with E-state index in [1.54, 1.807) is 24.0 Å². The Morgan fingerprint density at radius 3 is 2.72 bits per heavy atom. The minimum absolute atomic E-state index is 0.317. The summed E-state index contributed by atoms with van der Waals surface area (Å²) in [5.41, 5.74) is 2.03. The number of halogens is 2. The van der Waals surface area contributed by atoms with Crippen molar-refractivity contribution in [3.63, 3.8) is 0 Å². The lowest BCUT2D eigenvalue weighted by Crippen LogP contribution is -2.27. The van der Waals surface area contributed by atoms with Crippen LogP contribution in [-0.4, -0.2) is 46.4 Å². The maximum absolute atomic E-state index is 13.3. The predicted molar refractivity (Wildman–Crippen MR) is 85.7 cm³/mol. The highest BCUT2D eigenvalue weighted by Crippen LogP contribution is 2.59. The van der Waals surface area contributed by atoms with Crippen LogP contribution in [0, 0.1) is 11.8 Å². The molecule has 3 heterocycles. The van der Waals surface area contributed by atoms with Crippen LogP contribution in [0.25, 0.3) is 0 Å². The first-order chi connectivity index (χ1) is 12.0. The first kappa shape index (κ1) is 16.0. The van der Waals surface area contributed by atoms with E-state index in [4.69, 9.17) is 4.74 Å². The van der Waals surface area contributed by atoms with Crippen LogP contribution >= 0.6 is 0 Å². The number of carbonyl (C=O) groups is 1. The number of pyridine rings is 1. The molecule has 6 nitrogen and oxygen atoms in total. The summed E-state index contributed by atoms with van der Waals surface area (Å²) in [6.45, 7) is 3.26. The molecule has 0 aromatic carbocycles. The van der Waals surface area contributed by atoms with Crippen molar-refractivity contribution >= 4 is 11.7 Å². The van der Waals surface area contributed by atoms with Gasteiger partial charge in [-0.2, -0.15) is 5.10 Å². The fourth-order valence-corrected chi connectivity index (χ4v) is 3.35.